The quantitative estimate of drug-likeness (QED) is 0.741. The third kappa shape index (κ3) is 5.06. The average molecular weight is 346 g/mol. The number of urea groups is 1. The molecule has 0 saturated carbocycles. The molecule has 0 spiro atoms. The molecular formula is C20H30N2O3. The van der Waals surface area contributed by atoms with E-state index in [1.54, 1.807) is 0 Å². The van der Waals surface area contributed by atoms with Gasteiger partial charge in [0.2, 0.25) is 0 Å². The first kappa shape index (κ1) is 19.5. The molecule has 5 heteroatoms. The maximum Gasteiger partial charge on any atom is 0.315 e. The van der Waals surface area contributed by atoms with Gasteiger partial charge in [-0.2, -0.15) is 0 Å². The minimum atomic E-state index is -0.516. The molecule has 1 aliphatic rings. The van der Waals surface area contributed by atoms with Crippen LogP contribution >= 0.6 is 0 Å². The summed E-state index contributed by atoms with van der Waals surface area (Å²) >= 11 is 0. The van der Waals surface area contributed by atoms with Gasteiger partial charge in [-0.05, 0) is 50.8 Å². The van der Waals surface area contributed by atoms with E-state index in [4.69, 9.17) is 4.74 Å². The van der Waals surface area contributed by atoms with Crippen LogP contribution in [0.1, 0.15) is 44.7 Å². The Bertz CT molecular complexity index is 619. The molecule has 1 heterocycles. The number of aliphatic hydroxyl groups is 1. The van der Waals surface area contributed by atoms with Gasteiger partial charge in [-0.25, -0.2) is 4.79 Å². The summed E-state index contributed by atoms with van der Waals surface area (Å²) in [4.78, 5) is 12.4. The largest absolute Gasteiger partial charge is 0.396 e. The zero-order chi connectivity index (χ0) is 18.5. The smallest absolute Gasteiger partial charge is 0.315 e. The molecule has 138 valence electrons. The molecule has 0 unspecified atom stereocenters. The second-order valence-corrected chi connectivity index (χ2v) is 7.56. The van der Waals surface area contributed by atoms with E-state index >= 15 is 0 Å². The minimum absolute atomic E-state index is 0.0562. The summed E-state index contributed by atoms with van der Waals surface area (Å²) in [5, 5.41) is 15.7. The Hall–Kier alpha value is -1.85. The summed E-state index contributed by atoms with van der Waals surface area (Å²) in [7, 11) is 0. The molecule has 25 heavy (non-hydrogen) atoms. The molecule has 5 nitrogen and oxygen atoms in total. The van der Waals surface area contributed by atoms with E-state index in [1.807, 2.05) is 39.0 Å². The van der Waals surface area contributed by atoms with E-state index < -0.39 is 5.54 Å². The number of benzene rings is 1. The number of allylic oxidation sites excluding steroid dienone is 1. The van der Waals surface area contributed by atoms with Crippen LogP contribution in [0.4, 0.5) is 4.79 Å². The molecule has 1 aliphatic heterocycles. The van der Waals surface area contributed by atoms with Crippen molar-refractivity contribution in [3.05, 3.63) is 42.0 Å². The summed E-state index contributed by atoms with van der Waals surface area (Å²) < 4.78 is 5.36. The van der Waals surface area contributed by atoms with Gasteiger partial charge >= 0.3 is 6.03 Å². The number of nitrogens with one attached hydrogen (secondary N) is 2. The number of ether oxygens (including phenoxy) is 1. The molecule has 1 aromatic rings. The van der Waals surface area contributed by atoms with Crippen LogP contribution in [0.2, 0.25) is 0 Å². The van der Waals surface area contributed by atoms with Crippen LogP contribution in [0, 0.1) is 5.41 Å². The molecule has 0 radical (unpaired) electrons. The number of hydrogen-bond donors (Lipinski definition) is 3. The van der Waals surface area contributed by atoms with Crippen LogP contribution in [-0.4, -0.2) is 37.5 Å². The van der Waals surface area contributed by atoms with Gasteiger partial charge in [0, 0.05) is 25.2 Å². The summed E-state index contributed by atoms with van der Waals surface area (Å²) in [6.45, 7) is 11.6. The van der Waals surface area contributed by atoms with Gasteiger partial charge in [0.1, 0.15) is 0 Å². The average Bonchev–Trinajstić information content (AvgIpc) is 2.60. The van der Waals surface area contributed by atoms with Crippen LogP contribution in [0.3, 0.4) is 0 Å². The monoisotopic (exact) mass is 346 g/mol. The second-order valence-electron chi connectivity index (χ2n) is 7.56. The zero-order valence-electron chi connectivity index (χ0n) is 15.5. The molecule has 2 amide bonds. The number of rotatable bonds is 6. The maximum absolute atomic E-state index is 12.4. The molecule has 0 aromatic heterocycles. The van der Waals surface area contributed by atoms with Crippen molar-refractivity contribution in [1.29, 1.82) is 0 Å². The highest BCUT2D eigenvalue weighted by molar-refractivity contribution is 5.75. The van der Waals surface area contributed by atoms with Crippen molar-refractivity contribution in [3.8, 4) is 0 Å². The highest BCUT2D eigenvalue weighted by Gasteiger charge is 2.33. The highest BCUT2D eigenvalue weighted by atomic mass is 16.5. The molecule has 0 aliphatic carbocycles. The predicted octanol–water partition coefficient (Wildman–Crippen LogP) is 3.04. The van der Waals surface area contributed by atoms with E-state index in [0.717, 1.165) is 29.5 Å². The van der Waals surface area contributed by atoms with Crippen LogP contribution in [-0.2, 0) is 10.3 Å². The molecule has 0 bridgehead atoms. The van der Waals surface area contributed by atoms with Gasteiger partial charge in [-0.15, -0.1) is 0 Å². The molecular weight excluding hydrogens is 316 g/mol. The maximum atomic E-state index is 12.4. The van der Waals surface area contributed by atoms with E-state index in [2.05, 4.69) is 23.3 Å². The second kappa shape index (κ2) is 8.02. The van der Waals surface area contributed by atoms with Crippen molar-refractivity contribution >= 4 is 11.6 Å². The Kier molecular flexibility index (Phi) is 6.25. The number of carbonyl (C=O) groups is 1. The van der Waals surface area contributed by atoms with Crippen LogP contribution in [0.5, 0.6) is 0 Å². The summed E-state index contributed by atoms with van der Waals surface area (Å²) in [5.74, 6) is 0. The molecule has 1 saturated heterocycles. The van der Waals surface area contributed by atoms with Gasteiger partial charge < -0.3 is 20.5 Å². The van der Waals surface area contributed by atoms with Gasteiger partial charge in [-0.1, -0.05) is 30.4 Å². The Labute approximate surface area is 150 Å². The predicted molar refractivity (Wildman–Crippen MR) is 100 cm³/mol. The van der Waals surface area contributed by atoms with Crippen molar-refractivity contribution in [2.24, 2.45) is 5.41 Å². The first-order valence-electron chi connectivity index (χ1n) is 8.79. The van der Waals surface area contributed by atoms with Crippen LogP contribution in [0.25, 0.3) is 5.57 Å². The van der Waals surface area contributed by atoms with E-state index in [9.17, 15) is 9.90 Å². The van der Waals surface area contributed by atoms with E-state index in [-0.39, 0.29) is 18.1 Å². The minimum Gasteiger partial charge on any atom is -0.396 e. The normalized spacial score (nSPS) is 17.0. The number of amides is 2. The Morgan fingerprint density at radius 1 is 1.36 bits per heavy atom. The molecule has 0 atom stereocenters. The van der Waals surface area contributed by atoms with Crippen molar-refractivity contribution in [2.45, 2.75) is 39.2 Å². The zero-order valence-corrected chi connectivity index (χ0v) is 15.5. The fourth-order valence-electron chi connectivity index (χ4n) is 3.04. The lowest BCUT2D eigenvalue weighted by Crippen LogP contribution is -2.51. The van der Waals surface area contributed by atoms with Crippen molar-refractivity contribution in [2.75, 3.05) is 26.4 Å². The fourth-order valence-corrected chi connectivity index (χ4v) is 3.04. The molecule has 1 fully saturated rings. The first-order valence-corrected chi connectivity index (χ1v) is 8.79. The molecule has 1 aromatic carbocycles. The van der Waals surface area contributed by atoms with E-state index in [1.165, 1.54) is 0 Å². The Morgan fingerprint density at radius 3 is 2.64 bits per heavy atom. The summed E-state index contributed by atoms with van der Waals surface area (Å²) in [6.07, 6.45) is 1.52. The number of aliphatic hydroxyl groups excluding tert-OH is 1. The summed E-state index contributed by atoms with van der Waals surface area (Å²) in [5.41, 5.74) is 2.28. The lowest BCUT2D eigenvalue weighted by atomic mass is 9.81. The lowest BCUT2D eigenvalue weighted by molar-refractivity contribution is -0.0139. The van der Waals surface area contributed by atoms with E-state index in [0.29, 0.717) is 19.8 Å². The van der Waals surface area contributed by atoms with Gasteiger partial charge in [0.15, 0.2) is 0 Å². The van der Waals surface area contributed by atoms with Gasteiger partial charge in [0.25, 0.3) is 0 Å². The third-order valence-electron chi connectivity index (χ3n) is 5.02. The van der Waals surface area contributed by atoms with Crippen molar-refractivity contribution in [3.63, 3.8) is 0 Å². The lowest BCUT2D eigenvalue weighted by Gasteiger charge is -2.36. The SMILES string of the molecule is C=C(C)c1cccc(C(C)(C)NC(=O)NCC2(CO)CCOCC2)c1. The van der Waals surface area contributed by atoms with Crippen molar-refractivity contribution < 1.29 is 14.6 Å². The van der Waals surface area contributed by atoms with Gasteiger partial charge in [0.05, 0.1) is 12.1 Å². The summed E-state index contributed by atoms with van der Waals surface area (Å²) in [6, 6.07) is 7.81. The van der Waals surface area contributed by atoms with Crippen LogP contribution in [0.15, 0.2) is 30.8 Å². The molecule has 3 N–H and O–H groups in total. The first-order chi connectivity index (χ1) is 11.8. The van der Waals surface area contributed by atoms with Crippen molar-refractivity contribution in [1.82, 2.24) is 10.6 Å². The Balaban J connectivity index is 1.98. The standard InChI is InChI=1S/C20H30N2O3/c1-15(2)16-6-5-7-17(12-16)19(3,4)22-18(24)21-13-20(14-23)8-10-25-11-9-20/h5-7,12,23H,1,8-11,13-14H2,2-4H3,(H2,21,22,24). The highest BCUT2D eigenvalue weighted by Crippen LogP contribution is 2.29. The topological polar surface area (TPSA) is 70.6 Å². The fraction of sp³-hybridized carbons (Fsp3) is 0.550. The third-order valence-corrected chi connectivity index (χ3v) is 5.02. The van der Waals surface area contributed by atoms with Crippen LogP contribution < -0.4 is 10.6 Å². The number of hydrogen-bond acceptors (Lipinski definition) is 3. The molecule has 2 rings (SSSR count). The van der Waals surface area contributed by atoms with Gasteiger partial charge in [-0.3, -0.25) is 0 Å². The number of carbonyl (C=O) groups excluding carboxylic acids is 1. The Morgan fingerprint density at radius 2 is 2.04 bits per heavy atom.